The van der Waals surface area contributed by atoms with E-state index in [0.29, 0.717) is 6.04 Å². The molecule has 1 aliphatic heterocycles. The van der Waals surface area contributed by atoms with Crippen LogP contribution in [-0.4, -0.2) is 34.8 Å². The standard InChI is InChI=1S/C9H16N4/c1-12-6-2-3-8(7-12)13-9(10)4-5-11-13/h4-5,8H,2-3,6-7,10H2,1H3. The Morgan fingerprint density at radius 3 is 3.08 bits per heavy atom. The third-order valence-electron chi connectivity index (χ3n) is 2.65. The molecule has 4 heteroatoms. The summed E-state index contributed by atoms with van der Waals surface area (Å²) in [6.45, 7) is 2.25. The van der Waals surface area contributed by atoms with Crippen molar-refractivity contribution in [3.8, 4) is 0 Å². The van der Waals surface area contributed by atoms with Crippen molar-refractivity contribution in [1.82, 2.24) is 14.7 Å². The van der Waals surface area contributed by atoms with Crippen molar-refractivity contribution in [2.24, 2.45) is 0 Å². The number of nitrogens with zero attached hydrogens (tertiary/aromatic N) is 3. The van der Waals surface area contributed by atoms with Crippen LogP contribution in [-0.2, 0) is 0 Å². The molecule has 1 fully saturated rings. The summed E-state index contributed by atoms with van der Waals surface area (Å²) in [5, 5.41) is 4.24. The summed E-state index contributed by atoms with van der Waals surface area (Å²) in [5.41, 5.74) is 5.80. The van der Waals surface area contributed by atoms with Crippen molar-refractivity contribution in [3.63, 3.8) is 0 Å². The van der Waals surface area contributed by atoms with E-state index in [0.717, 1.165) is 12.4 Å². The Morgan fingerprint density at radius 2 is 2.46 bits per heavy atom. The van der Waals surface area contributed by atoms with Gasteiger partial charge < -0.3 is 10.6 Å². The Morgan fingerprint density at radius 1 is 1.62 bits per heavy atom. The molecule has 0 radical (unpaired) electrons. The number of aromatic nitrogens is 2. The van der Waals surface area contributed by atoms with Gasteiger partial charge in [0.05, 0.1) is 12.2 Å². The SMILES string of the molecule is CN1CCCC(n2nccc2N)C1. The van der Waals surface area contributed by atoms with Crippen LogP contribution in [0.5, 0.6) is 0 Å². The first kappa shape index (κ1) is 8.56. The van der Waals surface area contributed by atoms with Crippen molar-refractivity contribution in [3.05, 3.63) is 12.3 Å². The topological polar surface area (TPSA) is 47.1 Å². The molecule has 1 aliphatic rings. The predicted molar refractivity (Wildman–Crippen MR) is 52.4 cm³/mol. The average molecular weight is 180 g/mol. The summed E-state index contributed by atoms with van der Waals surface area (Å²) in [4.78, 5) is 2.33. The van der Waals surface area contributed by atoms with Crippen LogP contribution in [0.3, 0.4) is 0 Å². The van der Waals surface area contributed by atoms with Gasteiger partial charge in [0.25, 0.3) is 0 Å². The van der Waals surface area contributed by atoms with Gasteiger partial charge in [0.15, 0.2) is 0 Å². The van der Waals surface area contributed by atoms with Gasteiger partial charge in [-0.1, -0.05) is 0 Å². The fourth-order valence-corrected chi connectivity index (χ4v) is 1.97. The number of nitrogen functional groups attached to an aromatic ring is 1. The van der Waals surface area contributed by atoms with Crippen LogP contribution in [0.1, 0.15) is 18.9 Å². The van der Waals surface area contributed by atoms with Crippen molar-refractivity contribution < 1.29 is 0 Å². The number of rotatable bonds is 1. The third-order valence-corrected chi connectivity index (χ3v) is 2.65. The fourth-order valence-electron chi connectivity index (χ4n) is 1.97. The second-order valence-electron chi connectivity index (χ2n) is 3.76. The zero-order valence-electron chi connectivity index (χ0n) is 7.98. The molecule has 0 amide bonds. The van der Waals surface area contributed by atoms with Crippen LogP contribution in [0, 0.1) is 0 Å². The van der Waals surface area contributed by atoms with E-state index in [2.05, 4.69) is 17.0 Å². The lowest BCUT2D eigenvalue weighted by molar-refractivity contribution is 0.204. The van der Waals surface area contributed by atoms with Crippen molar-refractivity contribution in [1.29, 1.82) is 0 Å². The maximum atomic E-state index is 5.80. The van der Waals surface area contributed by atoms with E-state index < -0.39 is 0 Å². The number of anilines is 1. The Balaban J connectivity index is 2.12. The molecule has 0 spiro atoms. The molecule has 1 unspecified atom stereocenters. The van der Waals surface area contributed by atoms with Crippen LogP contribution in [0.15, 0.2) is 12.3 Å². The van der Waals surface area contributed by atoms with Gasteiger partial charge in [0.1, 0.15) is 5.82 Å². The van der Waals surface area contributed by atoms with Crippen molar-refractivity contribution in [2.45, 2.75) is 18.9 Å². The molecular formula is C9H16N4. The summed E-state index contributed by atoms with van der Waals surface area (Å²) in [7, 11) is 2.14. The minimum absolute atomic E-state index is 0.466. The summed E-state index contributed by atoms with van der Waals surface area (Å²) >= 11 is 0. The predicted octanol–water partition coefficient (Wildman–Crippen LogP) is 0.732. The van der Waals surface area contributed by atoms with Gasteiger partial charge in [-0.25, -0.2) is 4.68 Å². The van der Waals surface area contributed by atoms with Gasteiger partial charge in [0, 0.05) is 6.54 Å². The Hall–Kier alpha value is -1.03. The van der Waals surface area contributed by atoms with Gasteiger partial charge in [0.2, 0.25) is 0 Å². The third kappa shape index (κ3) is 1.67. The molecule has 0 bridgehead atoms. The Labute approximate surface area is 78.3 Å². The lowest BCUT2D eigenvalue weighted by atomic mass is 10.1. The lowest BCUT2D eigenvalue weighted by Gasteiger charge is -2.30. The van der Waals surface area contributed by atoms with Crippen LogP contribution in [0.4, 0.5) is 5.82 Å². The van der Waals surface area contributed by atoms with Crippen molar-refractivity contribution in [2.75, 3.05) is 25.9 Å². The second kappa shape index (κ2) is 3.38. The van der Waals surface area contributed by atoms with E-state index in [9.17, 15) is 0 Å². The van der Waals surface area contributed by atoms with Gasteiger partial charge in [-0.2, -0.15) is 5.10 Å². The largest absolute Gasteiger partial charge is 0.384 e. The van der Waals surface area contributed by atoms with E-state index in [1.807, 2.05) is 10.7 Å². The van der Waals surface area contributed by atoms with E-state index in [1.54, 1.807) is 6.20 Å². The first-order valence-corrected chi connectivity index (χ1v) is 4.75. The van der Waals surface area contributed by atoms with E-state index in [4.69, 9.17) is 5.73 Å². The second-order valence-corrected chi connectivity index (χ2v) is 3.76. The molecular weight excluding hydrogens is 164 g/mol. The monoisotopic (exact) mass is 180 g/mol. The zero-order valence-corrected chi connectivity index (χ0v) is 7.98. The molecule has 4 nitrogen and oxygen atoms in total. The molecule has 1 aromatic heterocycles. The molecule has 1 atom stereocenters. The number of hydrogen-bond donors (Lipinski definition) is 1. The number of piperidine rings is 1. The molecule has 0 aliphatic carbocycles. The van der Waals surface area contributed by atoms with Crippen LogP contribution >= 0.6 is 0 Å². The highest BCUT2D eigenvalue weighted by Crippen LogP contribution is 2.21. The van der Waals surface area contributed by atoms with E-state index in [1.165, 1.54) is 19.4 Å². The molecule has 13 heavy (non-hydrogen) atoms. The summed E-state index contributed by atoms with van der Waals surface area (Å²) < 4.78 is 1.94. The van der Waals surface area contributed by atoms with Crippen molar-refractivity contribution >= 4 is 5.82 Å². The Kier molecular flexibility index (Phi) is 2.22. The number of hydrogen-bond acceptors (Lipinski definition) is 3. The van der Waals surface area contributed by atoms with Crippen LogP contribution in [0.25, 0.3) is 0 Å². The highest BCUT2D eigenvalue weighted by Gasteiger charge is 2.20. The van der Waals surface area contributed by atoms with E-state index in [-0.39, 0.29) is 0 Å². The first-order valence-electron chi connectivity index (χ1n) is 4.75. The smallest absolute Gasteiger partial charge is 0.122 e. The summed E-state index contributed by atoms with van der Waals surface area (Å²) in [5.74, 6) is 0.778. The number of nitrogens with two attached hydrogens (primary N) is 1. The maximum Gasteiger partial charge on any atom is 0.122 e. The molecule has 0 saturated carbocycles. The van der Waals surface area contributed by atoms with Gasteiger partial charge >= 0.3 is 0 Å². The lowest BCUT2D eigenvalue weighted by Crippen LogP contribution is -2.34. The van der Waals surface area contributed by atoms with Gasteiger partial charge in [-0.3, -0.25) is 0 Å². The minimum Gasteiger partial charge on any atom is -0.384 e. The highest BCUT2D eigenvalue weighted by atomic mass is 15.3. The molecule has 2 rings (SSSR count). The quantitative estimate of drug-likeness (QED) is 0.693. The first-order chi connectivity index (χ1) is 6.27. The zero-order chi connectivity index (χ0) is 9.26. The maximum absolute atomic E-state index is 5.80. The molecule has 0 aromatic carbocycles. The fraction of sp³-hybridized carbons (Fsp3) is 0.667. The average Bonchev–Trinajstić information content (AvgIpc) is 2.51. The normalized spacial score (nSPS) is 24.8. The minimum atomic E-state index is 0.466. The molecule has 2 N–H and O–H groups in total. The van der Waals surface area contributed by atoms with Gasteiger partial charge in [-0.05, 0) is 32.5 Å². The molecule has 1 aromatic rings. The van der Waals surface area contributed by atoms with Crippen LogP contribution < -0.4 is 5.73 Å². The van der Waals surface area contributed by atoms with E-state index >= 15 is 0 Å². The molecule has 2 heterocycles. The highest BCUT2D eigenvalue weighted by molar-refractivity contribution is 5.26. The molecule has 72 valence electrons. The molecule has 1 saturated heterocycles. The number of likely N-dealkylation sites (tertiary alicyclic amines) is 1. The summed E-state index contributed by atoms with van der Waals surface area (Å²) in [6, 6.07) is 2.32. The van der Waals surface area contributed by atoms with Crippen LogP contribution in [0.2, 0.25) is 0 Å². The van der Waals surface area contributed by atoms with Gasteiger partial charge in [-0.15, -0.1) is 0 Å². The summed E-state index contributed by atoms with van der Waals surface area (Å²) in [6.07, 6.45) is 4.20. The number of likely N-dealkylation sites (N-methyl/N-ethyl adjacent to an activating group) is 1. The Bertz CT molecular complexity index is 281.